The smallest absolute Gasteiger partial charge is 0.156 e. The van der Waals surface area contributed by atoms with Crippen LogP contribution in [0.25, 0.3) is 5.65 Å². The Labute approximate surface area is 94.2 Å². The molecule has 2 aromatic heterocycles. The van der Waals surface area contributed by atoms with Crippen molar-refractivity contribution in [2.24, 2.45) is 0 Å². The molecule has 3 rings (SSSR count). The van der Waals surface area contributed by atoms with Gasteiger partial charge in [0, 0.05) is 24.0 Å². The van der Waals surface area contributed by atoms with Crippen LogP contribution in [0.15, 0.2) is 24.7 Å². The van der Waals surface area contributed by atoms with Gasteiger partial charge in [-0.2, -0.15) is 0 Å². The van der Waals surface area contributed by atoms with Gasteiger partial charge in [0.05, 0.1) is 18.4 Å². The second kappa shape index (κ2) is 3.07. The summed E-state index contributed by atoms with van der Waals surface area (Å²) in [7, 11) is 0. The molecule has 3 heterocycles. The van der Waals surface area contributed by atoms with Gasteiger partial charge >= 0.3 is 0 Å². The predicted molar refractivity (Wildman–Crippen MR) is 61.8 cm³/mol. The highest BCUT2D eigenvalue weighted by Crippen LogP contribution is 2.25. The zero-order valence-corrected chi connectivity index (χ0v) is 9.56. The van der Waals surface area contributed by atoms with Crippen molar-refractivity contribution in [3.05, 3.63) is 41.8 Å². The normalized spacial score (nSPS) is 14.5. The van der Waals surface area contributed by atoms with E-state index >= 15 is 0 Å². The molecular weight excluding hydrogens is 200 g/mol. The molecule has 0 bridgehead atoms. The third-order valence-electron chi connectivity index (χ3n) is 3.15. The van der Waals surface area contributed by atoms with Gasteiger partial charge in [0.25, 0.3) is 0 Å². The van der Waals surface area contributed by atoms with Crippen LogP contribution >= 0.6 is 0 Å². The SMILES string of the molecule is C=C(C)N1Cc2cnc3cnc(C)n3c2C1. The monoisotopic (exact) mass is 214 g/mol. The van der Waals surface area contributed by atoms with Crippen molar-refractivity contribution in [3.63, 3.8) is 0 Å². The van der Waals surface area contributed by atoms with Crippen molar-refractivity contribution < 1.29 is 0 Å². The molecule has 82 valence electrons. The summed E-state index contributed by atoms with van der Waals surface area (Å²) in [5, 5.41) is 0. The first-order valence-electron chi connectivity index (χ1n) is 5.38. The summed E-state index contributed by atoms with van der Waals surface area (Å²) in [4.78, 5) is 11.0. The van der Waals surface area contributed by atoms with E-state index in [-0.39, 0.29) is 0 Å². The molecule has 2 aromatic rings. The largest absolute Gasteiger partial charge is 0.365 e. The maximum absolute atomic E-state index is 4.41. The topological polar surface area (TPSA) is 33.4 Å². The fourth-order valence-corrected chi connectivity index (χ4v) is 2.24. The zero-order chi connectivity index (χ0) is 11.3. The Bertz CT molecular complexity index is 582. The maximum Gasteiger partial charge on any atom is 0.156 e. The van der Waals surface area contributed by atoms with E-state index in [0.717, 1.165) is 30.3 Å². The summed E-state index contributed by atoms with van der Waals surface area (Å²) in [5.41, 5.74) is 4.60. The van der Waals surface area contributed by atoms with E-state index in [2.05, 4.69) is 25.8 Å². The molecule has 0 spiro atoms. The number of allylic oxidation sites excluding steroid dienone is 1. The summed E-state index contributed by atoms with van der Waals surface area (Å²) >= 11 is 0. The molecule has 4 heteroatoms. The van der Waals surface area contributed by atoms with Crippen LogP contribution in [0, 0.1) is 6.92 Å². The first kappa shape index (κ1) is 9.39. The molecule has 0 aromatic carbocycles. The summed E-state index contributed by atoms with van der Waals surface area (Å²) in [6.45, 7) is 9.85. The molecule has 0 saturated carbocycles. The fraction of sp³-hybridized carbons (Fsp3) is 0.333. The van der Waals surface area contributed by atoms with Crippen LogP contribution in [0.4, 0.5) is 0 Å². The number of nitrogens with zero attached hydrogens (tertiary/aromatic N) is 4. The summed E-state index contributed by atoms with van der Waals surface area (Å²) in [5.74, 6) is 1.00. The highest BCUT2D eigenvalue weighted by molar-refractivity contribution is 5.42. The Kier molecular flexibility index (Phi) is 1.80. The van der Waals surface area contributed by atoms with Crippen molar-refractivity contribution in [2.75, 3.05) is 0 Å². The standard InChI is InChI=1S/C12H14N4/c1-8(2)15-6-10-4-14-12-5-13-9(3)16(12)11(10)7-15/h4-5H,1,6-7H2,2-3H3. The first-order chi connectivity index (χ1) is 7.66. The third kappa shape index (κ3) is 1.16. The minimum Gasteiger partial charge on any atom is -0.365 e. The molecule has 0 radical (unpaired) electrons. The summed E-state index contributed by atoms with van der Waals surface area (Å²) < 4.78 is 2.14. The highest BCUT2D eigenvalue weighted by atomic mass is 15.2. The van der Waals surface area contributed by atoms with Gasteiger partial charge in [0.1, 0.15) is 5.82 Å². The average Bonchev–Trinajstić information content (AvgIpc) is 2.81. The zero-order valence-electron chi connectivity index (χ0n) is 9.56. The van der Waals surface area contributed by atoms with E-state index in [9.17, 15) is 0 Å². The molecule has 0 aliphatic carbocycles. The van der Waals surface area contributed by atoms with E-state index < -0.39 is 0 Å². The molecule has 1 aliphatic heterocycles. The molecule has 0 saturated heterocycles. The second-order valence-electron chi connectivity index (χ2n) is 4.32. The number of rotatable bonds is 1. The van der Waals surface area contributed by atoms with Crippen LogP contribution in [0.5, 0.6) is 0 Å². The lowest BCUT2D eigenvalue weighted by molar-refractivity contribution is 0.362. The van der Waals surface area contributed by atoms with Gasteiger partial charge in [-0.3, -0.25) is 4.40 Å². The van der Waals surface area contributed by atoms with Crippen LogP contribution in [0.3, 0.4) is 0 Å². The van der Waals surface area contributed by atoms with Crippen molar-refractivity contribution >= 4 is 5.65 Å². The van der Waals surface area contributed by atoms with E-state index in [1.807, 2.05) is 26.2 Å². The van der Waals surface area contributed by atoms with Crippen LogP contribution in [0.2, 0.25) is 0 Å². The van der Waals surface area contributed by atoms with E-state index in [0.29, 0.717) is 0 Å². The Hall–Kier alpha value is -1.84. The number of imidazole rings is 1. The van der Waals surface area contributed by atoms with Crippen LogP contribution in [0.1, 0.15) is 24.0 Å². The lowest BCUT2D eigenvalue weighted by Crippen LogP contribution is -2.12. The Morgan fingerprint density at radius 3 is 2.88 bits per heavy atom. The molecule has 1 aliphatic rings. The maximum atomic E-state index is 4.41. The highest BCUT2D eigenvalue weighted by Gasteiger charge is 2.22. The Morgan fingerprint density at radius 2 is 2.12 bits per heavy atom. The lowest BCUT2D eigenvalue weighted by atomic mass is 10.3. The van der Waals surface area contributed by atoms with Gasteiger partial charge in [0.15, 0.2) is 5.65 Å². The molecule has 0 N–H and O–H groups in total. The molecule has 0 fully saturated rings. The number of fused-ring (bicyclic) bond motifs is 3. The molecule has 0 atom stereocenters. The van der Waals surface area contributed by atoms with Gasteiger partial charge < -0.3 is 4.90 Å². The molecule has 16 heavy (non-hydrogen) atoms. The van der Waals surface area contributed by atoms with Crippen molar-refractivity contribution in [3.8, 4) is 0 Å². The number of aryl methyl sites for hydroxylation is 1. The van der Waals surface area contributed by atoms with Crippen LogP contribution in [-0.2, 0) is 13.1 Å². The van der Waals surface area contributed by atoms with E-state index in [4.69, 9.17) is 0 Å². The fourth-order valence-electron chi connectivity index (χ4n) is 2.24. The van der Waals surface area contributed by atoms with E-state index in [1.54, 1.807) is 0 Å². The number of aromatic nitrogens is 3. The van der Waals surface area contributed by atoms with Gasteiger partial charge in [-0.15, -0.1) is 0 Å². The number of hydrogen-bond donors (Lipinski definition) is 0. The Balaban J connectivity index is 2.20. The first-order valence-corrected chi connectivity index (χ1v) is 5.38. The minimum atomic E-state index is 0.904. The van der Waals surface area contributed by atoms with Crippen LogP contribution < -0.4 is 0 Å². The molecule has 0 unspecified atom stereocenters. The average molecular weight is 214 g/mol. The summed E-state index contributed by atoms with van der Waals surface area (Å²) in [6, 6.07) is 0. The third-order valence-corrected chi connectivity index (χ3v) is 3.15. The minimum absolute atomic E-state index is 0.904. The van der Waals surface area contributed by atoms with Gasteiger partial charge in [-0.25, -0.2) is 9.97 Å². The van der Waals surface area contributed by atoms with Crippen molar-refractivity contribution in [2.45, 2.75) is 26.9 Å². The quantitative estimate of drug-likeness (QED) is 0.726. The molecule has 0 amide bonds. The lowest BCUT2D eigenvalue weighted by Gasteiger charge is -2.16. The van der Waals surface area contributed by atoms with Crippen molar-refractivity contribution in [1.82, 2.24) is 19.3 Å². The van der Waals surface area contributed by atoms with Gasteiger partial charge in [-0.1, -0.05) is 6.58 Å². The van der Waals surface area contributed by atoms with Gasteiger partial charge in [0.2, 0.25) is 0 Å². The predicted octanol–water partition coefficient (Wildman–Crippen LogP) is 1.89. The Morgan fingerprint density at radius 1 is 1.31 bits per heavy atom. The summed E-state index contributed by atoms with van der Waals surface area (Å²) in [6.07, 6.45) is 3.77. The second-order valence-corrected chi connectivity index (χ2v) is 4.32. The molecule has 4 nitrogen and oxygen atoms in total. The van der Waals surface area contributed by atoms with Crippen LogP contribution in [-0.4, -0.2) is 19.3 Å². The van der Waals surface area contributed by atoms with E-state index in [1.165, 1.54) is 11.3 Å². The number of hydrogen-bond acceptors (Lipinski definition) is 3. The van der Waals surface area contributed by atoms with Gasteiger partial charge in [-0.05, 0) is 13.8 Å². The molecular formula is C12H14N4. The van der Waals surface area contributed by atoms with Crippen molar-refractivity contribution in [1.29, 1.82) is 0 Å².